The molecule has 3 rings (SSSR count). The summed E-state index contributed by atoms with van der Waals surface area (Å²) in [5.74, 6) is -3.31. The first-order valence-corrected chi connectivity index (χ1v) is 11.9. The third-order valence-corrected chi connectivity index (χ3v) is 6.82. The van der Waals surface area contributed by atoms with E-state index in [0.29, 0.717) is 24.7 Å². The van der Waals surface area contributed by atoms with Crippen LogP contribution in [0.1, 0.15) is 62.4 Å². The molecular weight excluding hydrogens is 484 g/mol. The molecule has 0 spiro atoms. The number of carbonyl (C=O) groups excluding carboxylic acids is 2. The van der Waals surface area contributed by atoms with E-state index in [4.69, 9.17) is 14.6 Å². The molecule has 2 aliphatic heterocycles. The Morgan fingerprint density at radius 1 is 1.06 bits per heavy atom. The second kappa shape index (κ2) is 12.0. The maximum absolute atomic E-state index is 14.8. The number of rotatable bonds is 4. The molecule has 2 saturated heterocycles. The Morgan fingerprint density at radius 3 is 2.11 bits per heavy atom. The van der Waals surface area contributed by atoms with Crippen molar-refractivity contribution < 1.29 is 41.8 Å². The summed E-state index contributed by atoms with van der Waals surface area (Å²) in [5, 5.41) is 7.12. The van der Waals surface area contributed by atoms with Crippen molar-refractivity contribution in [1.29, 1.82) is 0 Å². The first-order valence-electron chi connectivity index (χ1n) is 11.9. The van der Waals surface area contributed by atoms with Crippen molar-refractivity contribution in [3.8, 4) is 0 Å². The molecule has 0 bridgehead atoms. The predicted molar refractivity (Wildman–Crippen MR) is 124 cm³/mol. The number of carbonyl (C=O) groups is 3. The standard InChI is InChI=1S/C23H33FN2O3.C2HF3O2/c1-16-6-5-11-26(15-16)18-9-12-25(13-10-18)21(27)19-8-7-17(14-20(19)24)23(2,3)22(28)29-4;3-2(4,5)1(6)7/h7-8,14,16,18H,5-6,9-13,15H2,1-4H3;(H,6,7). The number of aliphatic carboxylic acids is 1. The molecule has 1 N–H and O–H groups in total. The van der Waals surface area contributed by atoms with Crippen LogP contribution in [-0.2, 0) is 19.7 Å². The Kier molecular flexibility index (Phi) is 9.87. The highest BCUT2D eigenvalue weighted by Gasteiger charge is 2.38. The van der Waals surface area contributed by atoms with Gasteiger partial charge in [-0.25, -0.2) is 9.18 Å². The summed E-state index contributed by atoms with van der Waals surface area (Å²) in [7, 11) is 1.31. The van der Waals surface area contributed by atoms with E-state index in [-0.39, 0.29) is 11.5 Å². The largest absolute Gasteiger partial charge is 0.490 e. The number of carboxylic acids is 1. The van der Waals surface area contributed by atoms with E-state index in [1.807, 2.05) is 0 Å². The Bertz CT molecular complexity index is 943. The van der Waals surface area contributed by atoms with Crippen molar-refractivity contribution in [2.24, 2.45) is 5.92 Å². The number of carboxylic acid groups (broad SMARTS) is 1. The Morgan fingerprint density at radius 2 is 1.64 bits per heavy atom. The molecule has 1 atom stereocenters. The maximum Gasteiger partial charge on any atom is 0.490 e. The van der Waals surface area contributed by atoms with Gasteiger partial charge in [-0.3, -0.25) is 14.5 Å². The van der Waals surface area contributed by atoms with Crippen LogP contribution < -0.4 is 0 Å². The molecule has 2 aliphatic rings. The Balaban J connectivity index is 0.000000572. The molecule has 7 nitrogen and oxygen atoms in total. The smallest absolute Gasteiger partial charge is 0.475 e. The lowest BCUT2D eigenvalue weighted by Gasteiger charge is -2.41. The highest BCUT2D eigenvalue weighted by molar-refractivity contribution is 5.95. The summed E-state index contributed by atoms with van der Waals surface area (Å²) in [6.45, 7) is 9.27. The predicted octanol–water partition coefficient (Wildman–Crippen LogP) is 4.25. The topological polar surface area (TPSA) is 87.2 Å². The number of amides is 1. The van der Waals surface area contributed by atoms with Crippen LogP contribution in [0, 0.1) is 11.7 Å². The summed E-state index contributed by atoms with van der Waals surface area (Å²) >= 11 is 0. The number of alkyl halides is 3. The summed E-state index contributed by atoms with van der Waals surface area (Å²) < 4.78 is 51.3. The van der Waals surface area contributed by atoms with Gasteiger partial charge in [0.15, 0.2) is 0 Å². The average molecular weight is 519 g/mol. The van der Waals surface area contributed by atoms with E-state index in [1.54, 1.807) is 24.8 Å². The highest BCUT2D eigenvalue weighted by Crippen LogP contribution is 2.28. The molecule has 202 valence electrons. The summed E-state index contributed by atoms with van der Waals surface area (Å²) in [4.78, 5) is 38.1. The molecule has 0 aliphatic carbocycles. The second-order valence-electron chi connectivity index (χ2n) is 9.88. The minimum atomic E-state index is -5.08. The third-order valence-electron chi connectivity index (χ3n) is 6.82. The van der Waals surface area contributed by atoms with Gasteiger partial charge in [0, 0.05) is 25.7 Å². The quantitative estimate of drug-likeness (QED) is 0.474. The lowest BCUT2D eigenvalue weighted by atomic mass is 9.84. The number of hydrogen-bond acceptors (Lipinski definition) is 5. The molecular formula is C25H34F4N2O5. The number of hydrogen-bond donors (Lipinski definition) is 1. The van der Waals surface area contributed by atoms with E-state index >= 15 is 0 Å². The van der Waals surface area contributed by atoms with E-state index < -0.39 is 29.3 Å². The second-order valence-corrected chi connectivity index (χ2v) is 9.88. The van der Waals surface area contributed by atoms with Crippen LogP contribution in [0.2, 0.25) is 0 Å². The van der Waals surface area contributed by atoms with Gasteiger partial charge in [-0.1, -0.05) is 13.0 Å². The molecule has 0 radical (unpaired) electrons. The van der Waals surface area contributed by atoms with Crippen molar-refractivity contribution in [2.75, 3.05) is 33.3 Å². The fraction of sp³-hybridized carbons (Fsp3) is 0.640. The molecule has 1 unspecified atom stereocenters. The van der Waals surface area contributed by atoms with Crippen LogP contribution in [0.25, 0.3) is 0 Å². The number of piperidine rings is 2. The molecule has 11 heteroatoms. The van der Waals surface area contributed by atoms with Crippen molar-refractivity contribution >= 4 is 17.8 Å². The van der Waals surface area contributed by atoms with E-state index in [2.05, 4.69) is 11.8 Å². The van der Waals surface area contributed by atoms with E-state index in [1.165, 1.54) is 32.1 Å². The van der Waals surface area contributed by atoms with Gasteiger partial charge in [0.25, 0.3) is 5.91 Å². The number of benzene rings is 1. The zero-order chi connectivity index (χ0) is 27.3. The van der Waals surface area contributed by atoms with Gasteiger partial charge in [0.2, 0.25) is 0 Å². The SMILES string of the molecule is COC(=O)C(C)(C)c1ccc(C(=O)N2CCC(N3CCCC(C)C3)CC2)c(F)c1.O=C(O)C(F)(F)F. The van der Waals surface area contributed by atoms with Gasteiger partial charge in [-0.05, 0) is 69.7 Å². The zero-order valence-corrected chi connectivity index (χ0v) is 21.0. The van der Waals surface area contributed by atoms with Crippen molar-refractivity contribution in [3.05, 3.63) is 35.1 Å². The molecule has 0 saturated carbocycles. The maximum atomic E-state index is 14.8. The number of likely N-dealkylation sites (tertiary alicyclic amines) is 2. The first-order chi connectivity index (χ1) is 16.7. The van der Waals surface area contributed by atoms with Gasteiger partial charge in [0.05, 0.1) is 18.1 Å². The number of methoxy groups -OCH3 is 1. The van der Waals surface area contributed by atoms with Crippen molar-refractivity contribution in [3.63, 3.8) is 0 Å². The fourth-order valence-electron chi connectivity index (χ4n) is 4.61. The Hall–Kier alpha value is -2.69. The molecule has 0 aromatic heterocycles. The van der Waals surface area contributed by atoms with Crippen LogP contribution in [-0.4, -0.2) is 78.3 Å². The highest BCUT2D eigenvalue weighted by atomic mass is 19.4. The van der Waals surface area contributed by atoms with Crippen molar-refractivity contribution in [1.82, 2.24) is 9.80 Å². The van der Waals surface area contributed by atoms with Crippen LogP contribution >= 0.6 is 0 Å². The molecule has 2 heterocycles. The number of ether oxygens (including phenoxy) is 1. The number of esters is 1. The minimum Gasteiger partial charge on any atom is -0.475 e. The lowest BCUT2D eigenvalue weighted by Crippen LogP contribution is -2.49. The van der Waals surface area contributed by atoms with Gasteiger partial charge in [-0.2, -0.15) is 13.2 Å². The molecule has 1 amide bonds. The summed E-state index contributed by atoms with van der Waals surface area (Å²) in [6.07, 6.45) is -0.656. The van der Waals surface area contributed by atoms with Crippen LogP contribution in [0.5, 0.6) is 0 Å². The molecule has 1 aromatic carbocycles. The van der Waals surface area contributed by atoms with Crippen LogP contribution in [0.15, 0.2) is 18.2 Å². The number of nitrogens with zero attached hydrogens (tertiary/aromatic N) is 2. The molecule has 1 aromatic rings. The zero-order valence-electron chi connectivity index (χ0n) is 21.0. The molecule has 2 fully saturated rings. The Labute approximate surface area is 208 Å². The van der Waals surface area contributed by atoms with Gasteiger partial charge < -0.3 is 14.7 Å². The van der Waals surface area contributed by atoms with Gasteiger partial charge in [-0.15, -0.1) is 0 Å². The number of halogens is 4. The monoisotopic (exact) mass is 518 g/mol. The van der Waals surface area contributed by atoms with Crippen LogP contribution in [0.4, 0.5) is 17.6 Å². The van der Waals surface area contributed by atoms with Crippen molar-refractivity contribution in [2.45, 2.75) is 64.1 Å². The summed E-state index contributed by atoms with van der Waals surface area (Å²) in [5.41, 5.74) is -0.406. The molecule has 36 heavy (non-hydrogen) atoms. The normalized spacial score (nSPS) is 19.8. The minimum absolute atomic E-state index is 0.0689. The average Bonchev–Trinajstić information content (AvgIpc) is 2.83. The van der Waals surface area contributed by atoms with Gasteiger partial charge >= 0.3 is 18.1 Å². The van der Waals surface area contributed by atoms with E-state index in [9.17, 15) is 27.2 Å². The first kappa shape index (κ1) is 29.5. The lowest BCUT2D eigenvalue weighted by molar-refractivity contribution is -0.192. The third kappa shape index (κ3) is 7.41. The summed E-state index contributed by atoms with van der Waals surface area (Å²) in [6, 6.07) is 4.95. The van der Waals surface area contributed by atoms with Gasteiger partial charge in [0.1, 0.15) is 5.82 Å². The van der Waals surface area contributed by atoms with Crippen LogP contribution in [0.3, 0.4) is 0 Å². The van der Waals surface area contributed by atoms with E-state index in [0.717, 1.165) is 31.8 Å². The fourth-order valence-corrected chi connectivity index (χ4v) is 4.61.